The lowest BCUT2D eigenvalue weighted by molar-refractivity contribution is -0.142. The Hall–Kier alpha value is -1.43. The van der Waals surface area contributed by atoms with Crippen LogP contribution < -0.4 is 0 Å². The third kappa shape index (κ3) is 1.80. The largest absolute Gasteiger partial charge is 0.480 e. The second-order valence-corrected chi connectivity index (χ2v) is 4.64. The molecule has 86 valence electrons. The molecule has 0 spiro atoms. The number of carboxylic acids is 1. The van der Waals surface area contributed by atoms with E-state index in [0.29, 0.717) is 12.2 Å². The number of aromatic nitrogens is 1. The fraction of sp³-hybridized carbons (Fsp3) is 0.500. The van der Waals surface area contributed by atoms with Crippen molar-refractivity contribution in [2.45, 2.75) is 19.4 Å². The fourth-order valence-electron chi connectivity index (χ4n) is 2.02. The van der Waals surface area contributed by atoms with E-state index in [4.69, 9.17) is 5.11 Å². The number of carbonyl (C=O) groups excluding carboxylic acids is 1. The van der Waals surface area contributed by atoms with Crippen molar-refractivity contribution in [1.29, 1.82) is 0 Å². The highest BCUT2D eigenvalue weighted by Crippen LogP contribution is 2.25. The number of amides is 1. The first-order chi connectivity index (χ1) is 7.61. The number of carboxylic acid groups (broad SMARTS) is 1. The van der Waals surface area contributed by atoms with Crippen LogP contribution >= 0.6 is 11.3 Å². The Labute approximate surface area is 96.7 Å². The molecule has 1 N–H and O–H groups in total. The van der Waals surface area contributed by atoms with Crippen molar-refractivity contribution >= 4 is 23.2 Å². The van der Waals surface area contributed by atoms with Crippen LogP contribution in [0.15, 0.2) is 10.9 Å². The predicted molar refractivity (Wildman–Crippen MR) is 58.4 cm³/mol. The summed E-state index contributed by atoms with van der Waals surface area (Å²) >= 11 is 1.33. The van der Waals surface area contributed by atoms with Crippen molar-refractivity contribution in [2.75, 3.05) is 6.54 Å². The maximum atomic E-state index is 12.0. The maximum absolute atomic E-state index is 12.0. The molecule has 5 nitrogen and oxygen atoms in total. The lowest BCUT2D eigenvalue weighted by Crippen LogP contribution is -2.42. The number of hydrogen-bond acceptors (Lipinski definition) is 4. The predicted octanol–water partition coefficient (Wildman–Crippen LogP) is 1.08. The maximum Gasteiger partial charge on any atom is 0.326 e. The van der Waals surface area contributed by atoms with Gasteiger partial charge < -0.3 is 10.0 Å². The van der Waals surface area contributed by atoms with Gasteiger partial charge in [-0.15, -0.1) is 11.3 Å². The lowest BCUT2D eigenvalue weighted by atomic mass is 10.0. The van der Waals surface area contributed by atoms with Gasteiger partial charge in [0.15, 0.2) is 0 Å². The standard InChI is InChI=1S/C10H12N2O3S/c1-6-2-3-12(8(6)10(14)15)9(13)7-4-16-5-11-7/h4-6,8H,2-3H2,1H3,(H,14,15). The lowest BCUT2D eigenvalue weighted by Gasteiger charge is -2.22. The second kappa shape index (κ2) is 4.21. The van der Waals surface area contributed by atoms with Crippen molar-refractivity contribution in [3.63, 3.8) is 0 Å². The molecule has 1 saturated heterocycles. The molecule has 6 heteroatoms. The zero-order valence-electron chi connectivity index (χ0n) is 8.79. The van der Waals surface area contributed by atoms with Crippen LogP contribution in [0.5, 0.6) is 0 Å². The number of thiazole rings is 1. The van der Waals surface area contributed by atoms with Crippen LogP contribution in [0, 0.1) is 5.92 Å². The number of carbonyl (C=O) groups is 2. The van der Waals surface area contributed by atoms with E-state index in [-0.39, 0.29) is 11.8 Å². The Morgan fingerprint density at radius 3 is 2.94 bits per heavy atom. The molecule has 1 aromatic rings. The van der Waals surface area contributed by atoms with Crippen molar-refractivity contribution in [3.05, 3.63) is 16.6 Å². The summed E-state index contributed by atoms with van der Waals surface area (Å²) in [5.41, 5.74) is 1.91. The Kier molecular flexibility index (Phi) is 2.91. The Morgan fingerprint density at radius 2 is 2.38 bits per heavy atom. The monoisotopic (exact) mass is 240 g/mol. The number of nitrogens with zero attached hydrogens (tertiary/aromatic N) is 2. The van der Waals surface area contributed by atoms with Crippen LogP contribution in [0.25, 0.3) is 0 Å². The minimum Gasteiger partial charge on any atom is -0.480 e. The molecular formula is C10H12N2O3S. The van der Waals surface area contributed by atoms with Gasteiger partial charge in [0.2, 0.25) is 0 Å². The molecule has 2 unspecified atom stereocenters. The molecule has 1 aliphatic rings. The molecule has 2 atom stereocenters. The van der Waals surface area contributed by atoms with Gasteiger partial charge in [0.25, 0.3) is 5.91 Å². The smallest absolute Gasteiger partial charge is 0.326 e. The molecule has 0 aliphatic carbocycles. The summed E-state index contributed by atoms with van der Waals surface area (Å²) in [7, 11) is 0. The molecule has 0 radical (unpaired) electrons. The first-order valence-electron chi connectivity index (χ1n) is 5.03. The number of rotatable bonds is 2. The van der Waals surface area contributed by atoms with Gasteiger partial charge in [0.1, 0.15) is 11.7 Å². The molecule has 1 amide bonds. The van der Waals surface area contributed by atoms with Crippen LogP contribution in [-0.4, -0.2) is 39.5 Å². The summed E-state index contributed by atoms with van der Waals surface area (Å²) in [5.74, 6) is -1.22. The van der Waals surface area contributed by atoms with Gasteiger partial charge in [-0.3, -0.25) is 4.79 Å². The highest BCUT2D eigenvalue weighted by atomic mass is 32.1. The van der Waals surface area contributed by atoms with E-state index in [9.17, 15) is 9.59 Å². The first-order valence-corrected chi connectivity index (χ1v) is 5.97. The number of likely N-dealkylation sites (tertiary alicyclic amines) is 1. The van der Waals surface area contributed by atoms with E-state index in [1.807, 2.05) is 6.92 Å². The molecular weight excluding hydrogens is 228 g/mol. The van der Waals surface area contributed by atoms with E-state index in [1.54, 1.807) is 10.9 Å². The summed E-state index contributed by atoms with van der Waals surface area (Å²) in [4.78, 5) is 28.4. The first kappa shape index (κ1) is 11.1. The van der Waals surface area contributed by atoms with Gasteiger partial charge in [0, 0.05) is 11.9 Å². The minimum atomic E-state index is -0.937. The van der Waals surface area contributed by atoms with Crippen molar-refractivity contribution in [3.8, 4) is 0 Å². The molecule has 0 saturated carbocycles. The van der Waals surface area contributed by atoms with E-state index >= 15 is 0 Å². The highest BCUT2D eigenvalue weighted by molar-refractivity contribution is 7.07. The molecule has 2 heterocycles. The molecule has 1 aromatic heterocycles. The number of hydrogen-bond donors (Lipinski definition) is 1. The quantitative estimate of drug-likeness (QED) is 0.839. The topological polar surface area (TPSA) is 70.5 Å². The molecule has 0 bridgehead atoms. The summed E-state index contributed by atoms with van der Waals surface area (Å²) in [6, 6.07) is -0.714. The fourth-order valence-corrected chi connectivity index (χ4v) is 2.54. The normalized spacial score (nSPS) is 24.7. The van der Waals surface area contributed by atoms with E-state index in [2.05, 4.69) is 4.98 Å². The van der Waals surface area contributed by atoms with Crippen LogP contribution in [-0.2, 0) is 4.79 Å². The average molecular weight is 240 g/mol. The Morgan fingerprint density at radius 1 is 1.62 bits per heavy atom. The molecule has 1 fully saturated rings. The second-order valence-electron chi connectivity index (χ2n) is 3.92. The zero-order chi connectivity index (χ0) is 11.7. The summed E-state index contributed by atoms with van der Waals surface area (Å²) < 4.78 is 0. The summed E-state index contributed by atoms with van der Waals surface area (Å²) in [5, 5.41) is 10.7. The molecule has 2 rings (SSSR count). The van der Waals surface area contributed by atoms with Gasteiger partial charge >= 0.3 is 5.97 Å². The van der Waals surface area contributed by atoms with Crippen molar-refractivity contribution in [1.82, 2.24) is 9.88 Å². The van der Waals surface area contributed by atoms with Gasteiger partial charge in [-0.25, -0.2) is 9.78 Å². The molecule has 0 aromatic carbocycles. The Bertz CT molecular complexity index is 404. The van der Waals surface area contributed by atoms with Gasteiger partial charge in [-0.05, 0) is 12.3 Å². The average Bonchev–Trinajstić information content (AvgIpc) is 2.84. The van der Waals surface area contributed by atoms with Crippen LogP contribution in [0.2, 0.25) is 0 Å². The van der Waals surface area contributed by atoms with Crippen LogP contribution in [0.4, 0.5) is 0 Å². The third-order valence-corrected chi connectivity index (χ3v) is 3.45. The van der Waals surface area contributed by atoms with Crippen molar-refractivity contribution < 1.29 is 14.7 Å². The summed E-state index contributed by atoms with van der Waals surface area (Å²) in [6.07, 6.45) is 0.729. The van der Waals surface area contributed by atoms with E-state index in [0.717, 1.165) is 6.42 Å². The summed E-state index contributed by atoms with van der Waals surface area (Å²) in [6.45, 7) is 2.35. The van der Waals surface area contributed by atoms with E-state index < -0.39 is 12.0 Å². The number of aliphatic carboxylic acids is 1. The highest BCUT2D eigenvalue weighted by Gasteiger charge is 2.40. The minimum absolute atomic E-state index is 0.0000794. The van der Waals surface area contributed by atoms with Crippen LogP contribution in [0.1, 0.15) is 23.8 Å². The van der Waals surface area contributed by atoms with Gasteiger partial charge in [-0.2, -0.15) is 0 Å². The van der Waals surface area contributed by atoms with Gasteiger partial charge in [0.05, 0.1) is 5.51 Å². The molecule has 16 heavy (non-hydrogen) atoms. The Balaban J connectivity index is 2.21. The third-order valence-electron chi connectivity index (χ3n) is 2.87. The molecule has 1 aliphatic heterocycles. The van der Waals surface area contributed by atoms with E-state index in [1.165, 1.54) is 16.2 Å². The van der Waals surface area contributed by atoms with Crippen LogP contribution in [0.3, 0.4) is 0 Å². The van der Waals surface area contributed by atoms with Gasteiger partial charge in [-0.1, -0.05) is 6.92 Å². The zero-order valence-corrected chi connectivity index (χ0v) is 9.61. The van der Waals surface area contributed by atoms with Crippen molar-refractivity contribution in [2.24, 2.45) is 5.92 Å². The SMILES string of the molecule is CC1CCN(C(=O)c2cscn2)C1C(=O)O.